The van der Waals surface area contributed by atoms with Crippen LogP contribution in [0.15, 0.2) is 102 Å². The van der Waals surface area contributed by atoms with Gasteiger partial charge in [-0.15, -0.1) is 5.88 Å². The van der Waals surface area contributed by atoms with Crippen LogP contribution in [0.25, 0.3) is 0 Å². The van der Waals surface area contributed by atoms with Crippen molar-refractivity contribution in [1.82, 2.24) is 0 Å². The Hall–Kier alpha value is -2.40. The van der Waals surface area contributed by atoms with Gasteiger partial charge in [0.15, 0.2) is 23.7 Å². The number of unbranched alkanes of at least 4 members (excludes halogenated alkanes) is 2. The van der Waals surface area contributed by atoms with Crippen molar-refractivity contribution >= 4 is 11.6 Å². The molecule has 4 atom stereocenters. The zero-order chi connectivity index (χ0) is 51.8. The Morgan fingerprint density at radius 2 is 1.15 bits per heavy atom. The topological polar surface area (TPSA) is 0 Å². The van der Waals surface area contributed by atoms with Gasteiger partial charge in [-0.2, -0.15) is 106 Å². The van der Waals surface area contributed by atoms with Crippen LogP contribution in [0.5, 0.6) is 0 Å². The molecule has 1 aromatic rings. The van der Waals surface area contributed by atoms with Gasteiger partial charge in [-0.25, -0.2) is 22.0 Å². The molecule has 3 aliphatic rings. The van der Waals surface area contributed by atoms with Crippen LogP contribution in [0.4, 0.5) is 22.0 Å². The van der Waals surface area contributed by atoms with Gasteiger partial charge in [0.25, 0.3) is 0 Å². The molecule has 0 radical (unpaired) electrons. The van der Waals surface area contributed by atoms with Gasteiger partial charge in [-0.1, -0.05) is 154 Å². The lowest BCUT2D eigenvalue weighted by Crippen LogP contribution is -2.22. The molecule has 0 N–H and O–H groups in total. The van der Waals surface area contributed by atoms with Gasteiger partial charge in [0.1, 0.15) is 5.83 Å². The fraction of sp³-hybridized carbons (Fsp3) is 0.576. The summed E-state index contributed by atoms with van der Waals surface area (Å²) in [7, 11) is 0. The largest absolute Gasteiger partial charge is 0.335 e. The van der Waals surface area contributed by atoms with Crippen LogP contribution >= 0.6 is 11.6 Å². The van der Waals surface area contributed by atoms with E-state index in [0.29, 0.717) is 17.7 Å². The van der Waals surface area contributed by atoms with E-state index >= 15 is 0 Å². The van der Waals surface area contributed by atoms with Gasteiger partial charge >= 0.3 is 0 Å². The maximum Gasteiger partial charge on any atom is 0.195 e. The molecule has 4 unspecified atom stereocenters. The molecular weight excluding hydrogens is 839 g/mol. The number of allylic oxidation sites excluding steroid dienone is 12. The number of hydrogen-bond donors (Lipinski definition) is 0. The van der Waals surface area contributed by atoms with Crippen molar-refractivity contribution < 1.29 is 22.0 Å². The summed E-state index contributed by atoms with van der Waals surface area (Å²) in [5.74, 6) is -4.52. The molecule has 1 aromatic carbocycles. The summed E-state index contributed by atoms with van der Waals surface area (Å²) in [6.07, 6.45) is 31.8. The average molecular weight is 939 g/mol. The first-order valence-corrected chi connectivity index (χ1v) is 24.5. The van der Waals surface area contributed by atoms with Crippen LogP contribution in [0.2, 0.25) is 0 Å². The predicted octanol–water partition coefficient (Wildman–Crippen LogP) is 21.6. The molecule has 6 heteroatoms. The standard InChI is InChI=1S/C11H18.C9H9F5.C9H11.C7H10.C5H11.3C4H9.C3H6Cl.C3H7/c1-9-5-7-10(8-6-9)11(2,3)4;1-2-3-4-5(10)7(12)9(14)8(13)6(4)11;1-2-6-9-7-4-3-5-8-9;1-7-5-3-2-4-6-7;1-4-5(2)3;1-4(2)3;2*1-3-4-2;1-2-3-4;1-3-2/h5,7-9H,6H2,1-4H3;4-5H,2-3H2,1H3;2-5,7-8H,6H2,1H3;2-5,7H,6H2,1H3;4-5H,1-3H3;1-3H3;2*3H,4H2,1-2H3;2H,3H2,1H3;3H,1-2H3/q;;-1;;6*-1. The number of hydrogen-bond acceptors (Lipinski definition) is 0. The third-order valence-corrected chi connectivity index (χ3v) is 8.74. The first kappa shape index (κ1) is 74.1. The Balaban J connectivity index is -0.000000156. The second-order valence-electron chi connectivity index (χ2n) is 17.6. The summed E-state index contributed by atoms with van der Waals surface area (Å²) in [6.45, 7) is 41.9. The highest BCUT2D eigenvalue weighted by molar-refractivity contribution is 6.18. The van der Waals surface area contributed by atoms with Crippen molar-refractivity contribution in [3.63, 3.8) is 0 Å². The van der Waals surface area contributed by atoms with Crippen molar-refractivity contribution in [1.29, 1.82) is 0 Å². The fourth-order valence-corrected chi connectivity index (χ4v) is 4.22. The molecule has 384 valence electrons. The molecule has 0 spiro atoms. The molecule has 0 saturated carbocycles. The Morgan fingerprint density at radius 1 is 0.723 bits per heavy atom. The van der Waals surface area contributed by atoms with Crippen LogP contribution < -0.4 is 0 Å². The van der Waals surface area contributed by atoms with E-state index in [1.807, 2.05) is 39.7 Å². The third kappa shape index (κ3) is 52.4. The molecule has 65 heavy (non-hydrogen) atoms. The second kappa shape index (κ2) is 52.6. The van der Waals surface area contributed by atoms with Gasteiger partial charge in [0, 0.05) is 0 Å². The lowest BCUT2D eigenvalue weighted by atomic mass is 9.82. The van der Waals surface area contributed by atoms with Gasteiger partial charge in [-0.3, -0.25) is 0 Å². The molecule has 0 nitrogen and oxygen atoms in total. The monoisotopic (exact) mass is 938 g/mol. The van der Waals surface area contributed by atoms with Crippen LogP contribution in [0, 0.1) is 73.5 Å². The SMILES string of the molecule is CC1C=CC(C(C)(C)C)=CC1.CC1C=CC=CC1.CCCC1C(F)=C(F)C(F)=C(F)C1F.C[C-](C)C.C[CH-]C.C[CH-]C(C)C.C[CH-]CC.C[CH-]CC.C[CH-]CCl.C[CH-]Cc1ccccc1. The summed E-state index contributed by atoms with van der Waals surface area (Å²) in [5, 5.41) is 0. The summed E-state index contributed by atoms with van der Waals surface area (Å²) in [6, 6.07) is 10.5. The molecule has 3 aliphatic carbocycles. The fourth-order valence-electron chi connectivity index (χ4n) is 4.22. The van der Waals surface area contributed by atoms with E-state index in [4.69, 9.17) is 11.6 Å². The van der Waals surface area contributed by atoms with E-state index in [9.17, 15) is 22.0 Å². The lowest BCUT2D eigenvalue weighted by Gasteiger charge is -2.23. The number of benzene rings is 1. The minimum absolute atomic E-state index is 0.0544. The first-order chi connectivity index (χ1) is 30.5. The maximum absolute atomic E-state index is 13.0. The lowest BCUT2D eigenvalue weighted by molar-refractivity contribution is 0.196. The smallest absolute Gasteiger partial charge is 0.195 e. The molecule has 0 aliphatic heterocycles. The molecule has 4 rings (SSSR count). The highest BCUT2D eigenvalue weighted by Gasteiger charge is 2.39. The van der Waals surface area contributed by atoms with Crippen molar-refractivity contribution in [2.45, 2.75) is 190 Å². The maximum atomic E-state index is 13.0. The highest BCUT2D eigenvalue weighted by atomic mass is 35.5. The summed E-state index contributed by atoms with van der Waals surface area (Å²) in [4.78, 5) is 0. The molecule has 0 heterocycles. The average Bonchev–Trinajstić information content (AvgIpc) is 3.28. The third-order valence-electron chi connectivity index (χ3n) is 8.43. The van der Waals surface area contributed by atoms with Gasteiger partial charge in [0.05, 0.1) is 5.92 Å². The molecule has 0 amide bonds. The molecular formula is C59H99ClF5-7. The van der Waals surface area contributed by atoms with E-state index in [0.717, 1.165) is 24.2 Å². The van der Waals surface area contributed by atoms with E-state index < -0.39 is 35.4 Å². The number of rotatable bonds is 8. The molecule has 0 aromatic heterocycles. The van der Waals surface area contributed by atoms with E-state index in [1.165, 1.54) is 42.7 Å². The van der Waals surface area contributed by atoms with Crippen LogP contribution in [0.1, 0.15) is 183 Å². The molecule has 0 bridgehead atoms. The quantitative estimate of drug-likeness (QED) is 0.138. The van der Waals surface area contributed by atoms with Gasteiger partial charge in [-0.05, 0) is 42.1 Å². The summed E-state index contributed by atoms with van der Waals surface area (Å²) >= 11 is 5.13. The summed E-state index contributed by atoms with van der Waals surface area (Å²) < 4.78 is 63.7. The zero-order valence-electron chi connectivity index (χ0n) is 45.2. The van der Waals surface area contributed by atoms with Crippen molar-refractivity contribution in [3.05, 3.63) is 152 Å². The Kier molecular flexibility index (Phi) is 60.0. The van der Waals surface area contributed by atoms with E-state index in [1.54, 1.807) is 6.92 Å². The van der Waals surface area contributed by atoms with Gasteiger partial charge in [0.2, 0.25) is 0 Å². The molecule has 0 fully saturated rings. The van der Waals surface area contributed by atoms with Crippen molar-refractivity contribution in [2.24, 2.45) is 29.1 Å². The Labute approximate surface area is 408 Å². The van der Waals surface area contributed by atoms with Crippen LogP contribution in [-0.2, 0) is 6.42 Å². The normalized spacial score (nSPS) is 17.8. The van der Waals surface area contributed by atoms with Crippen LogP contribution in [0.3, 0.4) is 0 Å². The summed E-state index contributed by atoms with van der Waals surface area (Å²) in [5.41, 5.74) is 3.20. The van der Waals surface area contributed by atoms with Crippen LogP contribution in [-0.4, -0.2) is 12.1 Å². The minimum Gasteiger partial charge on any atom is -0.335 e. The van der Waals surface area contributed by atoms with Gasteiger partial charge < -0.3 is 44.4 Å². The highest BCUT2D eigenvalue weighted by Crippen LogP contribution is 2.41. The minimum atomic E-state index is -2.41. The van der Waals surface area contributed by atoms with Crippen molar-refractivity contribution in [2.75, 3.05) is 5.88 Å². The second-order valence-corrected chi connectivity index (χ2v) is 17.9. The molecule has 0 saturated heterocycles. The van der Waals surface area contributed by atoms with E-state index in [2.05, 4.69) is 203 Å². The first-order valence-electron chi connectivity index (χ1n) is 24.0. The Morgan fingerprint density at radius 3 is 1.43 bits per heavy atom. The van der Waals surface area contributed by atoms with Crippen molar-refractivity contribution in [3.8, 4) is 0 Å². The number of alkyl halides is 2. The predicted molar refractivity (Wildman–Crippen MR) is 286 cm³/mol. The van der Waals surface area contributed by atoms with E-state index in [-0.39, 0.29) is 6.42 Å². The number of halogens is 6. The Bertz CT molecular complexity index is 1300. The zero-order valence-corrected chi connectivity index (χ0v) is 46.0.